The van der Waals surface area contributed by atoms with Crippen LogP contribution in [0.1, 0.15) is 18.1 Å². The molecule has 0 spiro atoms. The van der Waals surface area contributed by atoms with E-state index >= 15 is 0 Å². The second kappa shape index (κ2) is 8.67. The second-order valence-corrected chi connectivity index (χ2v) is 6.27. The summed E-state index contributed by atoms with van der Waals surface area (Å²) in [6.07, 6.45) is 1.22. The van der Waals surface area contributed by atoms with Crippen molar-refractivity contribution in [2.45, 2.75) is 32.9 Å². The minimum absolute atomic E-state index is 0.190. The van der Waals surface area contributed by atoms with E-state index in [0.29, 0.717) is 19.8 Å². The van der Waals surface area contributed by atoms with E-state index < -0.39 is 6.04 Å². The summed E-state index contributed by atoms with van der Waals surface area (Å²) >= 11 is 0. The molecule has 1 aliphatic heterocycles. The average Bonchev–Trinajstić information content (AvgIpc) is 2.60. The summed E-state index contributed by atoms with van der Waals surface area (Å²) in [6, 6.07) is 5.13. The lowest BCUT2D eigenvalue weighted by molar-refractivity contribution is -0.145. The first-order chi connectivity index (χ1) is 11.9. The van der Waals surface area contributed by atoms with Gasteiger partial charge in [-0.25, -0.2) is 0 Å². The first-order valence-corrected chi connectivity index (χ1v) is 8.44. The zero-order valence-electron chi connectivity index (χ0n) is 15.1. The smallest absolute Gasteiger partial charge is 0.246 e. The van der Waals surface area contributed by atoms with Gasteiger partial charge in [0.25, 0.3) is 0 Å². The maximum atomic E-state index is 12.5. The highest BCUT2D eigenvalue weighted by molar-refractivity contribution is 5.93. The molecule has 2 atom stereocenters. The van der Waals surface area contributed by atoms with Gasteiger partial charge < -0.3 is 19.7 Å². The number of amides is 2. The molecule has 1 saturated heterocycles. The summed E-state index contributed by atoms with van der Waals surface area (Å²) in [5, 5.41) is 2.90. The average molecular weight is 346 g/mol. The van der Waals surface area contributed by atoms with Crippen LogP contribution in [0.25, 0.3) is 0 Å². The number of hydrogen-bond acceptors (Lipinski definition) is 4. The summed E-state index contributed by atoms with van der Waals surface area (Å²) in [5.41, 5.74) is 2.11. The van der Waals surface area contributed by atoms with Crippen LogP contribution in [0.2, 0.25) is 0 Å². The van der Waals surface area contributed by atoms with Gasteiger partial charge in [-0.2, -0.15) is 0 Å². The highest BCUT2D eigenvalue weighted by Crippen LogP contribution is 2.22. The maximum Gasteiger partial charge on any atom is 0.246 e. The van der Waals surface area contributed by atoms with Crippen molar-refractivity contribution in [3.8, 4) is 5.75 Å². The Morgan fingerprint density at radius 3 is 2.76 bits per heavy atom. The fraction of sp³-hybridized carbons (Fsp3) is 0.474. The summed E-state index contributed by atoms with van der Waals surface area (Å²) < 4.78 is 11.2. The van der Waals surface area contributed by atoms with Gasteiger partial charge in [-0.1, -0.05) is 24.8 Å². The van der Waals surface area contributed by atoms with E-state index in [2.05, 4.69) is 11.9 Å². The third-order valence-corrected chi connectivity index (χ3v) is 4.16. The van der Waals surface area contributed by atoms with E-state index in [-0.39, 0.29) is 24.5 Å². The molecular weight excluding hydrogens is 320 g/mol. The van der Waals surface area contributed by atoms with Crippen LogP contribution >= 0.6 is 0 Å². The number of carbonyl (C=O) groups excluding carboxylic acids is 2. The molecule has 0 aliphatic carbocycles. The van der Waals surface area contributed by atoms with Crippen LogP contribution in [0.3, 0.4) is 0 Å². The Labute approximate surface area is 148 Å². The molecule has 0 saturated carbocycles. The van der Waals surface area contributed by atoms with E-state index in [1.165, 1.54) is 11.0 Å². The van der Waals surface area contributed by atoms with Crippen LogP contribution in [0.5, 0.6) is 5.75 Å². The Balaban J connectivity index is 1.92. The number of morpholine rings is 1. The Kier molecular flexibility index (Phi) is 6.58. The Hall–Kier alpha value is -2.34. The number of hydrogen-bond donors (Lipinski definition) is 1. The van der Waals surface area contributed by atoms with Crippen molar-refractivity contribution in [1.29, 1.82) is 0 Å². The molecule has 2 unspecified atom stereocenters. The zero-order chi connectivity index (χ0) is 18.4. The summed E-state index contributed by atoms with van der Waals surface area (Å²) in [6.45, 7) is 10.7. The SMILES string of the molecule is C=CC(=O)N1CCOCC1C(=O)NC(C)COc1c(C)cccc1C. The van der Waals surface area contributed by atoms with E-state index in [9.17, 15) is 9.59 Å². The molecule has 1 fully saturated rings. The largest absolute Gasteiger partial charge is 0.491 e. The fourth-order valence-electron chi connectivity index (χ4n) is 2.82. The van der Waals surface area contributed by atoms with Crippen molar-refractivity contribution in [2.24, 2.45) is 0 Å². The topological polar surface area (TPSA) is 67.9 Å². The number of ether oxygens (including phenoxy) is 2. The van der Waals surface area contributed by atoms with Crippen molar-refractivity contribution in [2.75, 3.05) is 26.4 Å². The van der Waals surface area contributed by atoms with Crippen molar-refractivity contribution in [3.05, 3.63) is 42.0 Å². The molecule has 1 N–H and O–H groups in total. The van der Waals surface area contributed by atoms with Crippen molar-refractivity contribution < 1.29 is 19.1 Å². The monoisotopic (exact) mass is 346 g/mol. The number of carbonyl (C=O) groups is 2. The summed E-state index contributed by atoms with van der Waals surface area (Å²) in [7, 11) is 0. The minimum atomic E-state index is -0.637. The van der Waals surface area contributed by atoms with E-state index in [1.54, 1.807) is 0 Å². The molecule has 1 heterocycles. The lowest BCUT2D eigenvalue weighted by atomic mass is 10.1. The molecule has 25 heavy (non-hydrogen) atoms. The third kappa shape index (κ3) is 4.82. The lowest BCUT2D eigenvalue weighted by Gasteiger charge is -2.34. The molecule has 6 nitrogen and oxygen atoms in total. The highest BCUT2D eigenvalue weighted by atomic mass is 16.5. The molecule has 0 bridgehead atoms. The van der Waals surface area contributed by atoms with Crippen LogP contribution in [-0.2, 0) is 14.3 Å². The molecule has 136 valence electrons. The van der Waals surface area contributed by atoms with Crippen LogP contribution < -0.4 is 10.1 Å². The molecule has 6 heteroatoms. The molecule has 1 aliphatic rings. The predicted molar refractivity (Wildman–Crippen MR) is 95.5 cm³/mol. The maximum absolute atomic E-state index is 12.5. The number of rotatable bonds is 6. The Morgan fingerprint density at radius 2 is 2.12 bits per heavy atom. The molecule has 1 aromatic rings. The van der Waals surface area contributed by atoms with E-state index in [1.807, 2.05) is 39.0 Å². The van der Waals surface area contributed by atoms with Gasteiger partial charge >= 0.3 is 0 Å². The quantitative estimate of drug-likeness (QED) is 0.795. The number of benzene rings is 1. The first-order valence-electron chi connectivity index (χ1n) is 8.44. The highest BCUT2D eigenvalue weighted by Gasteiger charge is 2.32. The van der Waals surface area contributed by atoms with Crippen molar-refractivity contribution in [3.63, 3.8) is 0 Å². The van der Waals surface area contributed by atoms with Gasteiger partial charge in [0.15, 0.2) is 0 Å². The standard InChI is InChI=1S/C19H26N2O4/c1-5-17(22)21-9-10-24-12-16(21)19(23)20-15(4)11-25-18-13(2)7-6-8-14(18)3/h5-8,15-16H,1,9-12H2,2-4H3,(H,20,23). The molecule has 0 radical (unpaired) electrons. The third-order valence-electron chi connectivity index (χ3n) is 4.16. The second-order valence-electron chi connectivity index (χ2n) is 6.27. The summed E-state index contributed by atoms with van der Waals surface area (Å²) in [5.74, 6) is 0.337. The zero-order valence-corrected chi connectivity index (χ0v) is 15.1. The van der Waals surface area contributed by atoms with E-state index in [0.717, 1.165) is 16.9 Å². The minimum Gasteiger partial charge on any atom is -0.491 e. The van der Waals surface area contributed by atoms with Gasteiger partial charge in [0.05, 0.1) is 19.3 Å². The molecular formula is C19H26N2O4. The number of nitrogens with one attached hydrogen (secondary N) is 1. The number of aryl methyl sites for hydroxylation is 2. The van der Waals surface area contributed by atoms with Gasteiger partial charge in [-0.3, -0.25) is 9.59 Å². The van der Waals surface area contributed by atoms with Gasteiger partial charge in [-0.15, -0.1) is 0 Å². The van der Waals surface area contributed by atoms with Crippen molar-refractivity contribution >= 4 is 11.8 Å². The molecule has 1 aromatic carbocycles. The van der Waals surface area contributed by atoms with Gasteiger partial charge in [0.1, 0.15) is 18.4 Å². The Morgan fingerprint density at radius 1 is 1.44 bits per heavy atom. The summed E-state index contributed by atoms with van der Waals surface area (Å²) in [4.78, 5) is 25.9. The lowest BCUT2D eigenvalue weighted by Crippen LogP contribution is -2.57. The van der Waals surface area contributed by atoms with Crippen LogP contribution in [0.4, 0.5) is 0 Å². The van der Waals surface area contributed by atoms with Crippen LogP contribution in [0.15, 0.2) is 30.9 Å². The van der Waals surface area contributed by atoms with Crippen LogP contribution in [-0.4, -0.2) is 55.2 Å². The van der Waals surface area contributed by atoms with Crippen LogP contribution in [0, 0.1) is 13.8 Å². The van der Waals surface area contributed by atoms with Gasteiger partial charge in [0.2, 0.25) is 11.8 Å². The normalized spacial score (nSPS) is 18.4. The molecule has 2 rings (SSSR count). The molecule has 2 amide bonds. The molecule has 0 aromatic heterocycles. The fourth-order valence-corrected chi connectivity index (χ4v) is 2.82. The Bertz CT molecular complexity index is 624. The number of nitrogens with zero attached hydrogens (tertiary/aromatic N) is 1. The van der Waals surface area contributed by atoms with E-state index in [4.69, 9.17) is 9.47 Å². The van der Waals surface area contributed by atoms with Gasteiger partial charge in [0, 0.05) is 6.54 Å². The predicted octanol–water partition coefficient (Wildman–Crippen LogP) is 1.60. The van der Waals surface area contributed by atoms with Crippen molar-refractivity contribution in [1.82, 2.24) is 10.2 Å². The first kappa shape index (κ1) is 19.0. The van der Waals surface area contributed by atoms with Gasteiger partial charge in [-0.05, 0) is 38.0 Å². The number of para-hydroxylation sites is 1.